The van der Waals surface area contributed by atoms with Crippen molar-refractivity contribution in [3.63, 3.8) is 0 Å². The summed E-state index contributed by atoms with van der Waals surface area (Å²) in [6.45, 7) is 4.48. The van der Waals surface area contributed by atoms with Crippen LogP contribution in [0.4, 0.5) is 0 Å². The Morgan fingerprint density at radius 2 is 2.24 bits per heavy atom. The van der Waals surface area contributed by atoms with Crippen molar-refractivity contribution >= 4 is 11.6 Å². The van der Waals surface area contributed by atoms with Crippen LogP contribution in [0.15, 0.2) is 24.3 Å². The van der Waals surface area contributed by atoms with Gasteiger partial charge in [-0.1, -0.05) is 36.2 Å². The first-order chi connectivity index (χ1) is 8.29. The maximum atomic E-state index is 5.90. The molecule has 0 spiro atoms. The molecule has 1 heterocycles. The minimum absolute atomic E-state index is 0.696. The minimum Gasteiger partial charge on any atom is -0.296 e. The van der Waals surface area contributed by atoms with Gasteiger partial charge in [0.2, 0.25) is 0 Å². The number of likely N-dealkylation sites (tertiary alicyclic amines) is 1. The van der Waals surface area contributed by atoms with Crippen LogP contribution in [0.1, 0.15) is 36.8 Å². The summed E-state index contributed by atoms with van der Waals surface area (Å²) in [7, 11) is 0. The van der Waals surface area contributed by atoms with Gasteiger partial charge in [0.15, 0.2) is 0 Å². The number of nitrogens with zero attached hydrogens (tertiary/aromatic N) is 1. The molecule has 0 aromatic heterocycles. The first-order valence-electron chi connectivity index (χ1n) is 6.65. The summed E-state index contributed by atoms with van der Waals surface area (Å²) in [6.07, 6.45) is 5.16. The van der Waals surface area contributed by atoms with Gasteiger partial charge in [-0.3, -0.25) is 4.90 Å². The van der Waals surface area contributed by atoms with Crippen molar-refractivity contribution in [3.05, 3.63) is 35.4 Å². The van der Waals surface area contributed by atoms with Gasteiger partial charge in [0.1, 0.15) is 0 Å². The highest BCUT2D eigenvalue weighted by Crippen LogP contribution is 2.22. The van der Waals surface area contributed by atoms with Crippen LogP contribution in [0, 0.1) is 6.92 Å². The van der Waals surface area contributed by atoms with Crippen LogP contribution >= 0.6 is 11.6 Å². The molecule has 2 heteroatoms. The average Bonchev–Trinajstić information content (AvgIpc) is 2.32. The quantitative estimate of drug-likeness (QED) is 0.732. The Morgan fingerprint density at radius 1 is 1.35 bits per heavy atom. The lowest BCUT2D eigenvalue weighted by atomic mass is 9.99. The van der Waals surface area contributed by atoms with Gasteiger partial charge < -0.3 is 0 Å². The van der Waals surface area contributed by atoms with E-state index in [9.17, 15) is 0 Å². The van der Waals surface area contributed by atoms with E-state index < -0.39 is 0 Å². The molecule has 1 unspecified atom stereocenters. The number of hydrogen-bond donors (Lipinski definition) is 0. The number of rotatable bonds is 4. The van der Waals surface area contributed by atoms with Crippen LogP contribution in [-0.2, 0) is 6.54 Å². The van der Waals surface area contributed by atoms with Gasteiger partial charge >= 0.3 is 0 Å². The molecule has 0 amide bonds. The zero-order valence-corrected chi connectivity index (χ0v) is 11.4. The molecular weight excluding hydrogens is 230 g/mol. The average molecular weight is 252 g/mol. The molecule has 1 aliphatic heterocycles. The Kier molecular flexibility index (Phi) is 4.87. The summed E-state index contributed by atoms with van der Waals surface area (Å²) in [5.41, 5.74) is 2.79. The second kappa shape index (κ2) is 6.42. The van der Waals surface area contributed by atoms with Gasteiger partial charge in [0, 0.05) is 18.5 Å². The van der Waals surface area contributed by atoms with Crippen molar-refractivity contribution in [2.45, 2.75) is 45.2 Å². The monoisotopic (exact) mass is 251 g/mol. The number of alkyl halides is 1. The normalized spacial score (nSPS) is 21.6. The maximum Gasteiger partial charge on any atom is 0.0238 e. The molecule has 0 aliphatic carbocycles. The lowest BCUT2D eigenvalue weighted by Crippen LogP contribution is -2.39. The highest BCUT2D eigenvalue weighted by molar-refractivity contribution is 6.17. The summed E-state index contributed by atoms with van der Waals surface area (Å²) in [5.74, 6) is 0.787. The van der Waals surface area contributed by atoms with Crippen LogP contribution < -0.4 is 0 Å². The van der Waals surface area contributed by atoms with Crippen LogP contribution in [0.3, 0.4) is 0 Å². The first-order valence-corrected chi connectivity index (χ1v) is 7.18. The summed E-state index contributed by atoms with van der Waals surface area (Å²) < 4.78 is 0. The molecule has 1 saturated heterocycles. The smallest absolute Gasteiger partial charge is 0.0238 e. The van der Waals surface area contributed by atoms with E-state index >= 15 is 0 Å². The van der Waals surface area contributed by atoms with Crippen LogP contribution in [0.25, 0.3) is 0 Å². The second-order valence-corrected chi connectivity index (χ2v) is 5.46. The third kappa shape index (κ3) is 3.72. The molecule has 17 heavy (non-hydrogen) atoms. The van der Waals surface area contributed by atoms with Crippen molar-refractivity contribution < 1.29 is 0 Å². The van der Waals surface area contributed by atoms with Gasteiger partial charge in [0.05, 0.1) is 0 Å². The molecule has 1 nitrogen and oxygen atoms in total. The second-order valence-electron chi connectivity index (χ2n) is 5.09. The maximum absolute atomic E-state index is 5.90. The van der Waals surface area contributed by atoms with Crippen molar-refractivity contribution in [1.29, 1.82) is 0 Å². The van der Waals surface area contributed by atoms with Crippen molar-refractivity contribution in [3.8, 4) is 0 Å². The number of halogens is 1. The zero-order valence-electron chi connectivity index (χ0n) is 10.7. The SMILES string of the molecule is Cc1cccc(CN2CCCCC2CCCl)c1. The summed E-state index contributed by atoms with van der Waals surface area (Å²) in [6, 6.07) is 9.55. The topological polar surface area (TPSA) is 3.24 Å². The highest BCUT2D eigenvalue weighted by atomic mass is 35.5. The first kappa shape index (κ1) is 12.9. The Bertz CT molecular complexity index is 349. The third-order valence-electron chi connectivity index (χ3n) is 3.66. The Morgan fingerprint density at radius 3 is 3.00 bits per heavy atom. The van der Waals surface area contributed by atoms with E-state index in [0.29, 0.717) is 6.04 Å². The molecule has 2 rings (SSSR count). The number of piperidine rings is 1. The molecular formula is C15H22ClN. The van der Waals surface area contributed by atoms with E-state index in [0.717, 1.165) is 18.8 Å². The molecule has 0 bridgehead atoms. The van der Waals surface area contributed by atoms with E-state index in [1.54, 1.807) is 0 Å². The van der Waals surface area contributed by atoms with Crippen LogP contribution in [-0.4, -0.2) is 23.4 Å². The largest absolute Gasteiger partial charge is 0.296 e. The van der Waals surface area contributed by atoms with Crippen molar-refractivity contribution in [2.75, 3.05) is 12.4 Å². The summed E-state index contributed by atoms with van der Waals surface area (Å²) in [5, 5.41) is 0. The molecule has 1 aromatic carbocycles. The highest BCUT2D eigenvalue weighted by Gasteiger charge is 2.21. The van der Waals surface area contributed by atoms with Gasteiger partial charge in [-0.25, -0.2) is 0 Å². The van der Waals surface area contributed by atoms with Gasteiger partial charge in [0.25, 0.3) is 0 Å². The van der Waals surface area contributed by atoms with Crippen molar-refractivity contribution in [1.82, 2.24) is 4.90 Å². The van der Waals surface area contributed by atoms with Gasteiger partial charge in [-0.2, -0.15) is 0 Å². The van der Waals surface area contributed by atoms with E-state index in [1.807, 2.05) is 0 Å². The molecule has 0 N–H and O–H groups in total. The van der Waals surface area contributed by atoms with E-state index in [1.165, 1.54) is 36.9 Å². The zero-order chi connectivity index (χ0) is 12.1. The fourth-order valence-electron chi connectivity index (χ4n) is 2.77. The summed E-state index contributed by atoms with van der Waals surface area (Å²) >= 11 is 5.90. The van der Waals surface area contributed by atoms with E-state index in [2.05, 4.69) is 36.1 Å². The lowest BCUT2D eigenvalue weighted by molar-refractivity contribution is 0.137. The van der Waals surface area contributed by atoms with Gasteiger partial charge in [-0.15, -0.1) is 11.6 Å². The minimum atomic E-state index is 0.696. The Hall–Kier alpha value is -0.530. The molecule has 1 aromatic rings. The van der Waals surface area contributed by atoms with E-state index in [-0.39, 0.29) is 0 Å². The fourth-order valence-corrected chi connectivity index (χ4v) is 3.02. The molecule has 0 saturated carbocycles. The predicted octanol–water partition coefficient (Wildman–Crippen LogP) is 3.98. The molecule has 1 fully saturated rings. The molecule has 94 valence electrons. The third-order valence-corrected chi connectivity index (χ3v) is 3.88. The molecule has 1 aliphatic rings. The lowest BCUT2D eigenvalue weighted by Gasteiger charge is -2.35. The van der Waals surface area contributed by atoms with Crippen LogP contribution in [0.2, 0.25) is 0 Å². The fraction of sp³-hybridized carbons (Fsp3) is 0.600. The van der Waals surface area contributed by atoms with E-state index in [4.69, 9.17) is 11.6 Å². The standard InChI is InChI=1S/C15H22ClN/c1-13-5-4-6-14(11-13)12-17-10-3-2-7-15(17)8-9-16/h4-6,11,15H,2-3,7-10,12H2,1H3. The van der Waals surface area contributed by atoms with Crippen molar-refractivity contribution in [2.24, 2.45) is 0 Å². The molecule has 1 atom stereocenters. The van der Waals surface area contributed by atoms with Gasteiger partial charge in [-0.05, 0) is 38.3 Å². The number of hydrogen-bond acceptors (Lipinski definition) is 1. The molecule has 0 radical (unpaired) electrons. The Labute approximate surface area is 110 Å². The summed E-state index contributed by atoms with van der Waals surface area (Å²) in [4.78, 5) is 2.61. The van der Waals surface area contributed by atoms with Crippen LogP contribution in [0.5, 0.6) is 0 Å². The number of aryl methyl sites for hydroxylation is 1. The Balaban J connectivity index is 2.00. The number of benzene rings is 1. The predicted molar refractivity (Wildman–Crippen MR) is 74.6 cm³/mol.